The van der Waals surface area contributed by atoms with E-state index in [1.807, 2.05) is 6.07 Å². The molecule has 5 heteroatoms. The maximum absolute atomic E-state index is 11.2. The van der Waals surface area contributed by atoms with Gasteiger partial charge < -0.3 is 0 Å². The fraction of sp³-hybridized carbons (Fsp3) is 0. The number of primary sulfonamides is 1. The molecule has 4 nitrogen and oxygen atoms in total. The summed E-state index contributed by atoms with van der Waals surface area (Å²) in [5.41, 5.74) is 0. The molecule has 0 spiro atoms. The van der Waals surface area contributed by atoms with Crippen molar-refractivity contribution in [3.63, 3.8) is 0 Å². The van der Waals surface area contributed by atoms with Crippen LogP contribution in [0, 0.1) is 0 Å². The van der Waals surface area contributed by atoms with Crippen LogP contribution in [0.2, 0.25) is 0 Å². The van der Waals surface area contributed by atoms with E-state index in [1.165, 1.54) is 12.3 Å². The molecule has 14 heavy (non-hydrogen) atoms. The highest BCUT2D eigenvalue weighted by Crippen LogP contribution is 2.20. The Morgan fingerprint density at radius 2 is 2.00 bits per heavy atom. The van der Waals surface area contributed by atoms with Gasteiger partial charge >= 0.3 is 0 Å². The number of aromatic nitrogens is 1. The number of nitrogens with two attached hydrogens (primary N) is 1. The van der Waals surface area contributed by atoms with Crippen molar-refractivity contribution in [1.29, 1.82) is 0 Å². The summed E-state index contributed by atoms with van der Waals surface area (Å²) in [5.74, 6) is 0. The third-order valence-electron chi connectivity index (χ3n) is 1.95. The minimum atomic E-state index is -3.67. The lowest BCUT2D eigenvalue weighted by Gasteiger charge is -2.02. The van der Waals surface area contributed by atoms with E-state index < -0.39 is 10.0 Å². The van der Waals surface area contributed by atoms with Crippen LogP contribution in [0.5, 0.6) is 0 Å². The van der Waals surface area contributed by atoms with Gasteiger partial charge in [-0.15, -0.1) is 0 Å². The number of hydrogen-bond donors (Lipinski definition) is 1. The van der Waals surface area contributed by atoms with Crippen molar-refractivity contribution in [3.05, 3.63) is 36.7 Å². The van der Waals surface area contributed by atoms with Crippen molar-refractivity contribution in [2.75, 3.05) is 0 Å². The number of nitrogens with zero attached hydrogens (tertiary/aromatic N) is 1. The van der Waals surface area contributed by atoms with E-state index in [0.29, 0.717) is 5.39 Å². The summed E-state index contributed by atoms with van der Waals surface area (Å²) in [4.78, 5) is 3.98. The van der Waals surface area contributed by atoms with Crippen molar-refractivity contribution in [2.45, 2.75) is 4.90 Å². The highest BCUT2D eigenvalue weighted by atomic mass is 32.2. The van der Waals surface area contributed by atoms with Crippen molar-refractivity contribution in [2.24, 2.45) is 5.14 Å². The van der Waals surface area contributed by atoms with Crippen LogP contribution in [0.25, 0.3) is 10.8 Å². The topological polar surface area (TPSA) is 73.1 Å². The molecule has 0 saturated carbocycles. The largest absolute Gasteiger partial charge is 0.264 e. The van der Waals surface area contributed by atoms with Crippen LogP contribution in [-0.2, 0) is 10.0 Å². The zero-order valence-electron chi connectivity index (χ0n) is 7.21. The molecule has 72 valence electrons. The molecule has 0 aliphatic rings. The van der Waals surface area contributed by atoms with Gasteiger partial charge in [0.1, 0.15) is 0 Å². The summed E-state index contributed by atoms with van der Waals surface area (Å²) in [7, 11) is -3.67. The van der Waals surface area contributed by atoms with Gasteiger partial charge in [-0.2, -0.15) is 0 Å². The minimum Gasteiger partial charge on any atom is -0.264 e. The Balaban J connectivity index is 2.92. The minimum absolute atomic E-state index is 0.114. The lowest BCUT2D eigenvalue weighted by Crippen LogP contribution is -2.12. The number of pyridine rings is 1. The van der Waals surface area contributed by atoms with E-state index in [4.69, 9.17) is 5.14 Å². The lowest BCUT2D eigenvalue weighted by molar-refractivity contribution is 0.598. The third-order valence-corrected chi connectivity index (χ3v) is 2.92. The molecule has 0 unspecified atom stereocenters. The molecule has 2 aromatic rings. The van der Waals surface area contributed by atoms with Crippen LogP contribution >= 0.6 is 0 Å². The Morgan fingerprint density at radius 1 is 1.21 bits per heavy atom. The Kier molecular flexibility index (Phi) is 1.98. The third kappa shape index (κ3) is 1.47. The molecule has 1 heterocycles. The molecule has 1 aromatic heterocycles. The first kappa shape index (κ1) is 9.11. The van der Waals surface area contributed by atoms with Crippen LogP contribution in [0.3, 0.4) is 0 Å². The summed E-state index contributed by atoms with van der Waals surface area (Å²) in [6, 6.07) is 6.68. The van der Waals surface area contributed by atoms with E-state index in [-0.39, 0.29) is 4.90 Å². The highest BCUT2D eigenvalue weighted by molar-refractivity contribution is 7.89. The lowest BCUT2D eigenvalue weighted by atomic mass is 10.2. The zero-order chi connectivity index (χ0) is 10.2. The molecule has 2 N–H and O–H groups in total. The average molecular weight is 208 g/mol. The second kappa shape index (κ2) is 3.04. The maximum Gasteiger partial charge on any atom is 0.238 e. The number of rotatable bonds is 1. The van der Waals surface area contributed by atoms with Gasteiger partial charge in [0.15, 0.2) is 0 Å². The van der Waals surface area contributed by atoms with E-state index in [1.54, 1.807) is 18.3 Å². The van der Waals surface area contributed by atoms with Gasteiger partial charge in [0, 0.05) is 17.8 Å². The smallest absolute Gasteiger partial charge is 0.238 e. The summed E-state index contributed by atoms with van der Waals surface area (Å²) in [5, 5.41) is 6.43. The van der Waals surface area contributed by atoms with Crippen LogP contribution in [-0.4, -0.2) is 13.4 Å². The van der Waals surface area contributed by atoms with Gasteiger partial charge in [-0.25, -0.2) is 13.6 Å². The first-order valence-corrected chi connectivity index (χ1v) is 5.49. The number of benzene rings is 1. The Labute approximate surface area is 81.4 Å². The van der Waals surface area contributed by atoms with Crippen LogP contribution < -0.4 is 5.14 Å². The molecule has 0 radical (unpaired) electrons. The average Bonchev–Trinajstić information content (AvgIpc) is 2.15. The first-order valence-electron chi connectivity index (χ1n) is 3.94. The predicted octanol–water partition coefficient (Wildman–Crippen LogP) is 0.882. The number of hydrogen-bond acceptors (Lipinski definition) is 3. The summed E-state index contributed by atoms with van der Waals surface area (Å²) in [6.45, 7) is 0. The first-order chi connectivity index (χ1) is 6.59. The molecule has 0 fully saturated rings. The SMILES string of the molecule is NS(=O)(=O)c1cccc2ccncc12. The van der Waals surface area contributed by atoms with Gasteiger partial charge in [-0.3, -0.25) is 4.98 Å². The van der Waals surface area contributed by atoms with Crippen molar-refractivity contribution < 1.29 is 8.42 Å². The molecule has 0 aliphatic heterocycles. The van der Waals surface area contributed by atoms with E-state index in [0.717, 1.165) is 5.39 Å². The normalized spacial score (nSPS) is 11.8. The second-order valence-electron chi connectivity index (χ2n) is 2.90. The molecule has 0 amide bonds. The molecule has 0 saturated heterocycles. The quantitative estimate of drug-likeness (QED) is 0.756. The molecule has 0 aliphatic carbocycles. The Morgan fingerprint density at radius 3 is 2.71 bits per heavy atom. The van der Waals surface area contributed by atoms with Crippen molar-refractivity contribution >= 4 is 20.8 Å². The predicted molar refractivity (Wildman–Crippen MR) is 53.1 cm³/mol. The molecule has 2 rings (SSSR count). The molecular weight excluding hydrogens is 200 g/mol. The summed E-state index contributed by atoms with van der Waals surface area (Å²) < 4.78 is 22.4. The van der Waals surface area contributed by atoms with E-state index in [2.05, 4.69) is 4.98 Å². The molecule has 0 bridgehead atoms. The van der Waals surface area contributed by atoms with Crippen molar-refractivity contribution in [1.82, 2.24) is 4.98 Å². The standard InChI is InChI=1S/C9H8N2O2S/c10-14(12,13)9-3-1-2-7-4-5-11-6-8(7)9/h1-6H,(H2,10,12,13). The fourth-order valence-corrected chi connectivity index (χ4v) is 2.08. The molecule has 1 aromatic carbocycles. The van der Waals surface area contributed by atoms with Gasteiger partial charge in [0.05, 0.1) is 4.90 Å². The fourth-order valence-electron chi connectivity index (χ4n) is 1.33. The highest BCUT2D eigenvalue weighted by Gasteiger charge is 2.11. The van der Waals surface area contributed by atoms with Gasteiger partial charge in [0.25, 0.3) is 0 Å². The Bertz CT molecular complexity index is 573. The zero-order valence-corrected chi connectivity index (χ0v) is 8.03. The van der Waals surface area contributed by atoms with Crippen LogP contribution in [0.1, 0.15) is 0 Å². The Hall–Kier alpha value is -1.46. The summed E-state index contributed by atoms with van der Waals surface area (Å²) in [6.07, 6.45) is 3.10. The van der Waals surface area contributed by atoms with E-state index >= 15 is 0 Å². The molecular formula is C9H8N2O2S. The summed E-state index contributed by atoms with van der Waals surface area (Å²) >= 11 is 0. The number of sulfonamides is 1. The van der Waals surface area contributed by atoms with Gasteiger partial charge in [-0.05, 0) is 17.5 Å². The second-order valence-corrected chi connectivity index (χ2v) is 4.43. The van der Waals surface area contributed by atoms with Crippen LogP contribution in [0.4, 0.5) is 0 Å². The number of fused-ring (bicyclic) bond motifs is 1. The molecule has 0 atom stereocenters. The van der Waals surface area contributed by atoms with Crippen molar-refractivity contribution in [3.8, 4) is 0 Å². The van der Waals surface area contributed by atoms with Crippen LogP contribution in [0.15, 0.2) is 41.6 Å². The maximum atomic E-state index is 11.2. The van der Waals surface area contributed by atoms with E-state index in [9.17, 15) is 8.42 Å². The van der Waals surface area contributed by atoms with Gasteiger partial charge in [-0.1, -0.05) is 12.1 Å². The monoisotopic (exact) mass is 208 g/mol. The van der Waals surface area contributed by atoms with Gasteiger partial charge in [0.2, 0.25) is 10.0 Å².